The van der Waals surface area contributed by atoms with Gasteiger partial charge < -0.3 is 5.32 Å². The van der Waals surface area contributed by atoms with Gasteiger partial charge in [0.1, 0.15) is 0 Å². The highest BCUT2D eigenvalue weighted by atomic mass is 79.9. The Morgan fingerprint density at radius 2 is 1.86 bits per heavy atom. The van der Waals surface area contributed by atoms with Gasteiger partial charge in [-0.3, -0.25) is 0 Å². The third-order valence-corrected chi connectivity index (χ3v) is 4.84. The number of fused-ring (bicyclic) bond motifs is 1. The van der Waals surface area contributed by atoms with Crippen molar-refractivity contribution < 1.29 is 0 Å². The van der Waals surface area contributed by atoms with Crippen LogP contribution in [0.15, 0.2) is 34.8 Å². The van der Waals surface area contributed by atoms with Crippen molar-refractivity contribution in [2.24, 2.45) is 5.92 Å². The molecule has 0 amide bonds. The maximum absolute atomic E-state index is 4.91. The van der Waals surface area contributed by atoms with Gasteiger partial charge in [-0.25, -0.2) is 4.98 Å². The first-order valence-electron chi connectivity index (χ1n) is 7.98. The predicted molar refractivity (Wildman–Crippen MR) is 94.5 cm³/mol. The van der Waals surface area contributed by atoms with Crippen LogP contribution in [0.25, 0.3) is 10.9 Å². The van der Waals surface area contributed by atoms with Crippen molar-refractivity contribution in [3.8, 4) is 0 Å². The van der Waals surface area contributed by atoms with Gasteiger partial charge in [0.2, 0.25) is 0 Å². The van der Waals surface area contributed by atoms with Crippen LogP contribution < -0.4 is 5.32 Å². The molecule has 0 aliphatic carbocycles. The lowest BCUT2D eigenvalue weighted by molar-refractivity contribution is 0.370. The summed E-state index contributed by atoms with van der Waals surface area (Å²) in [5.41, 5.74) is 2.21. The van der Waals surface area contributed by atoms with Crippen molar-refractivity contribution in [2.75, 3.05) is 6.54 Å². The van der Waals surface area contributed by atoms with Crippen molar-refractivity contribution in [2.45, 2.75) is 46.1 Å². The van der Waals surface area contributed by atoms with Gasteiger partial charge in [-0.15, -0.1) is 0 Å². The van der Waals surface area contributed by atoms with Gasteiger partial charge in [-0.2, -0.15) is 0 Å². The molecule has 1 aromatic heterocycles. The summed E-state index contributed by atoms with van der Waals surface area (Å²) in [6.45, 7) is 7.68. The van der Waals surface area contributed by atoms with E-state index in [4.69, 9.17) is 4.98 Å². The summed E-state index contributed by atoms with van der Waals surface area (Å²) in [7, 11) is 0. The number of aromatic nitrogens is 1. The monoisotopic (exact) mass is 348 g/mol. The van der Waals surface area contributed by atoms with Crippen LogP contribution in [0, 0.1) is 5.92 Å². The van der Waals surface area contributed by atoms with Crippen LogP contribution in [-0.4, -0.2) is 11.5 Å². The minimum Gasteiger partial charge on any atom is -0.309 e. The molecule has 0 radical (unpaired) electrons. The topological polar surface area (TPSA) is 24.9 Å². The van der Waals surface area contributed by atoms with E-state index < -0.39 is 0 Å². The Morgan fingerprint density at radius 1 is 1.14 bits per heavy atom. The lowest BCUT2D eigenvalue weighted by Crippen LogP contribution is -2.24. The number of hydrogen-bond donors (Lipinski definition) is 1. The zero-order chi connectivity index (χ0) is 15.2. The number of halogens is 1. The molecule has 3 heteroatoms. The molecule has 2 aromatic rings. The molecule has 0 saturated heterocycles. The number of para-hydroxylation sites is 1. The maximum Gasteiger partial charge on any atom is 0.0722 e. The van der Waals surface area contributed by atoms with Crippen molar-refractivity contribution in [3.05, 3.63) is 40.5 Å². The highest BCUT2D eigenvalue weighted by Gasteiger charge is 2.19. The van der Waals surface area contributed by atoms with E-state index in [1.165, 1.54) is 18.2 Å². The molecule has 0 spiro atoms. The van der Waals surface area contributed by atoms with E-state index in [1.54, 1.807) is 0 Å². The second kappa shape index (κ2) is 7.90. The van der Waals surface area contributed by atoms with Crippen LogP contribution in [0.1, 0.15) is 51.8 Å². The molecular formula is C18H25BrN2. The van der Waals surface area contributed by atoms with Crippen molar-refractivity contribution in [3.63, 3.8) is 0 Å². The van der Waals surface area contributed by atoms with Crippen molar-refractivity contribution in [1.29, 1.82) is 0 Å². The van der Waals surface area contributed by atoms with Crippen LogP contribution in [0.2, 0.25) is 0 Å². The Labute approximate surface area is 136 Å². The van der Waals surface area contributed by atoms with E-state index in [-0.39, 0.29) is 0 Å². The second-order valence-electron chi connectivity index (χ2n) is 5.58. The first kappa shape index (κ1) is 16.4. The lowest BCUT2D eigenvalue weighted by Gasteiger charge is -2.23. The Morgan fingerprint density at radius 3 is 2.52 bits per heavy atom. The summed E-state index contributed by atoms with van der Waals surface area (Å²) >= 11 is 3.72. The zero-order valence-electron chi connectivity index (χ0n) is 13.2. The van der Waals surface area contributed by atoms with E-state index in [9.17, 15) is 0 Å². The summed E-state index contributed by atoms with van der Waals surface area (Å²) in [6.07, 6.45) is 3.60. The summed E-state index contributed by atoms with van der Waals surface area (Å²) in [5, 5.41) is 4.80. The fourth-order valence-corrected chi connectivity index (χ4v) is 3.45. The smallest absolute Gasteiger partial charge is 0.0722 e. The third kappa shape index (κ3) is 4.04. The average Bonchev–Trinajstić information content (AvgIpc) is 2.51. The zero-order valence-corrected chi connectivity index (χ0v) is 14.8. The van der Waals surface area contributed by atoms with E-state index >= 15 is 0 Å². The average molecular weight is 349 g/mol. The largest absolute Gasteiger partial charge is 0.309 e. The molecule has 0 aliphatic rings. The van der Waals surface area contributed by atoms with Gasteiger partial charge in [0.05, 0.1) is 17.3 Å². The molecule has 2 rings (SSSR count). The fraction of sp³-hybridized carbons (Fsp3) is 0.500. The maximum atomic E-state index is 4.91. The van der Waals surface area contributed by atoms with Crippen LogP contribution in [0.4, 0.5) is 0 Å². The lowest BCUT2D eigenvalue weighted by atomic mass is 9.93. The van der Waals surface area contributed by atoms with Crippen molar-refractivity contribution >= 4 is 26.8 Å². The number of hydrogen-bond acceptors (Lipinski definition) is 2. The SMILES string of the molecule is CCNC(CC(CC)CC)c1nc2ccccc2cc1Br. The first-order chi connectivity index (χ1) is 10.2. The highest BCUT2D eigenvalue weighted by molar-refractivity contribution is 9.10. The minimum atomic E-state index is 0.318. The van der Waals surface area contributed by atoms with Gasteiger partial charge >= 0.3 is 0 Å². The van der Waals surface area contributed by atoms with E-state index in [0.29, 0.717) is 6.04 Å². The molecule has 0 fully saturated rings. The number of pyridine rings is 1. The van der Waals surface area contributed by atoms with Gasteiger partial charge in [-0.1, -0.05) is 51.8 Å². The molecule has 1 aromatic carbocycles. The molecule has 0 bridgehead atoms. The summed E-state index contributed by atoms with van der Waals surface area (Å²) in [4.78, 5) is 4.91. The van der Waals surface area contributed by atoms with Gasteiger partial charge in [-0.05, 0) is 46.9 Å². The Hall–Kier alpha value is -0.930. The fourth-order valence-electron chi connectivity index (χ4n) is 2.84. The van der Waals surface area contributed by atoms with Crippen LogP contribution in [-0.2, 0) is 0 Å². The van der Waals surface area contributed by atoms with Gasteiger partial charge in [0, 0.05) is 9.86 Å². The quantitative estimate of drug-likeness (QED) is 0.716. The molecule has 0 aliphatic heterocycles. The minimum absolute atomic E-state index is 0.318. The van der Waals surface area contributed by atoms with Crippen molar-refractivity contribution in [1.82, 2.24) is 10.3 Å². The third-order valence-electron chi connectivity index (χ3n) is 4.21. The first-order valence-corrected chi connectivity index (χ1v) is 8.77. The van der Waals surface area contributed by atoms with Crippen LogP contribution in [0.3, 0.4) is 0 Å². The molecule has 1 atom stereocenters. The van der Waals surface area contributed by atoms with Gasteiger partial charge in [0.25, 0.3) is 0 Å². The molecule has 1 N–H and O–H groups in total. The number of benzene rings is 1. The van der Waals surface area contributed by atoms with E-state index in [1.807, 2.05) is 0 Å². The number of nitrogens with zero attached hydrogens (tertiary/aromatic N) is 1. The van der Waals surface area contributed by atoms with E-state index in [0.717, 1.165) is 34.6 Å². The molecule has 1 unspecified atom stereocenters. The number of nitrogens with one attached hydrogen (secondary N) is 1. The summed E-state index contributed by atoms with van der Waals surface area (Å²) in [6, 6.07) is 10.8. The highest BCUT2D eigenvalue weighted by Crippen LogP contribution is 2.31. The van der Waals surface area contributed by atoms with Gasteiger partial charge in [0.15, 0.2) is 0 Å². The Kier molecular flexibility index (Phi) is 6.19. The summed E-state index contributed by atoms with van der Waals surface area (Å²) < 4.78 is 1.11. The summed E-state index contributed by atoms with van der Waals surface area (Å²) in [5.74, 6) is 0.745. The molecule has 1 heterocycles. The van der Waals surface area contributed by atoms with Crippen LogP contribution >= 0.6 is 15.9 Å². The Bertz CT molecular complexity index is 578. The second-order valence-corrected chi connectivity index (χ2v) is 6.43. The molecule has 2 nitrogen and oxygen atoms in total. The molecular weight excluding hydrogens is 324 g/mol. The Balaban J connectivity index is 2.36. The predicted octanol–water partition coefficient (Wildman–Crippen LogP) is 5.47. The van der Waals surface area contributed by atoms with Crippen LogP contribution in [0.5, 0.6) is 0 Å². The normalized spacial score (nSPS) is 13.0. The molecule has 21 heavy (non-hydrogen) atoms. The molecule has 0 saturated carbocycles. The standard InChI is InChI=1S/C18H25BrN2/c1-4-13(5-2)11-17(20-6-3)18-15(19)12-14-9-7-8-10-16(14)21-18/h7-10,12-13,17,20H,4-6,11H2,1-3H3. The molecule has 114 valence electrons. The number of rotatable bonds is 7. The van der Waals surface area contributed by atoms with E-state index in [2.05, 4.69) is 72.3 Å².